The number of amides is 2. The summed E-state index contributed by atoms with van der Waals surface area (Å²) in [5.41, 5.74) is 0.690. The van der Waals surface area contributed by atoms with E-state index >= 15 is 0 Å². The van der Waals surface area contributed by atoms with Gasteiger partial charge in [0.25, 0.3) is 0 Å². The van der Waals surface area contributed by atoms with Crippen molar-refractivity contribution in [1.29, 1.82) is 0 Å². The molecule has 0 bridgehead atoms. The number of hydrogen-bond donors (Lipinski definition) is 1. The summed E-state index contributed by atoms with van der Waals surface area (Å²) in [4.78, 5) is 32.4. The lowest BCUT2D eigenvalue weighted by atomic mass is 9.81. The molecule has 0 radical (unpaired) electrons. The van der Waals surface area contributed by atoms with Crippen LogP contribution in [-0.4, -0.2) is 39.8 Å². The molecular formula is C17H25N3O2S. The molecule has 2 aliphatic rings. The highest BCUT2D eigenvalue weighted by atomic mass is 32.1. The minimum Gasteiger partial charge on any atom is -0.349 e. The minimum absolute atomic E-state index is 0.115. The van der Waals surface area contributed by atoms with Crippen LogP contribution in [0.25, 0.3) is 0 Å². The van der Waals surface area contributed by atoms with Crippen LogP contribution in [0.3, 0.4) is 0 Å². The maximum Gasteiger partial charge on any atom is 0.228 e. The maximum atomic E-state index is 12.9. The molecule has 6 heteroatoms. The number of thiazole rings is 1. The first-order valence-corrected chi connectivity index (χ1v) is 9.24. The smallest absolute Gasteiger partial charge is 0.228 e. The normalized spacial score (nSPS) is 28.0. The summed E-state index contributed by atoms with van der Waals surface area (Å²) in [6.07, 6.45) is 4.65. The van der Waals surface area contributed by atoms with E-state index in [9.17, 15) is 9.59 Å². The van der Waals surface area contributed by atoms with Crippen LogP contribution in [-0.2, 0) is 16.0 Å². The van der Waals surface area contributed by atoms with E-state index < -0.39 is 0 Å². The zero-order chi connectivity index (χ0) is 16.6. The van der Waals surface area contributed by atoms with Crippen molar-refractivity contribution in [3.63, 3.8) is 0 Å². The molecule has 2 amide bonds. The Bertz CT molecular complexity index is 627. The third kappa shape index (κ3) is 3.27. The average Bonchev–Trinajstić information content (AvgIpc) is 2.68. The molecule has 2 saturated heterocycles. The van der Waals surface area contributed by atoms with Crippen molar-refractivity contribution in [2.75, 3.05) is 6.54 Å². The SMILES string of the molecule is Cc1nc(C)c(CC(=O)N2CCC[C@]3(C)NC(=O)CCC[C@H]23)s1. The van der Waals surface area contributed by atoms with E-state index in [1.54, 1.807) is 11.3 Å². The molecule has 0 aliphatic carbocycles. The van der Waals surface area contributed by atoms with Gasteiger partial charge in [-0.1, -0.05) is 0 Å². The molecule has 3 rings (SSSR count). The van der Waals surface area contributed by atoms with Crippen LogP contribution in [0.1, 0.15) is 54.6 Å². The number of nitrogens with zero attached hydrogens (tertiary/aromatic N) is 2. The van der Waals surface area contributed by atoms with Crippen molar-refractivity contribution in [3.8, 4) is 0 Å². The summed E-state index contributed by atoms with van der Waals surface area (Å²) in [5.74, 6) is 0.294. The third-order valence-electron chi connectivity index (χ3n) is 5.14. The Kier molecular flexibility index (Phi) is 4.45. The Morgan fingerprint density at radius 3 is 2.91 bits per heavy atom. The number of aryl methyl sites for hydroxylation is 2. The number of carbonyl (C=O) groups excluding carboxylic acids is 2. The Morgan fingerprint density at radius 2 is 2.22 bits per heavy atom. The van der Waals surface area contributed by atoms with Crippen molar-refractivity contribution in [1.82, 2.24) is 15.2 Å². The van der Waals surface area contributed by atoms with Crippen LogP contribution in [0.4, 0.5) is 0 Å². The number of piperidine rings is 1. The van der Waals surface area contributed by atoms with Gasteiger partial charge in [-0.3, -0.25) is 9.59 Å². The number of carbonyl (C=O) groups is 2. The van der Waals surface area contributed by atoms with Crippen LogP contribution in [0.15, 0.2) is 0 Å². The number of fused-ring (bicyclic) bond motifs is 1. The van der Waals surface area contributed by atoms with Gasteiger partial charge in [0.2, 0.25) is 11.8 Å². The Labute approximate surface area is 141 Å². The third-order valence-corrected chi connectivity index (χ3v) is 6.22. The quantitative estimate of drug-likeness (QED) is 0.902. The molecule has 0 spiro atoms. The monoisotopic (exact) mass is 335 g/mol. The van der Waals surface area contributed by atoms with Gasteiger partial charge in [-0.15, -0.1) is 11.3 Å². The van der Waals surface area contributed by atoms with E-state index in [1.165, 1.54) is 0 Å². The van der Waals surface area contributed by atoms with E-state index in [4.69, 9.17) is 0 Å². The number of aromatic nitrogens is 1. The summed E-state index contributed by atoms with van der Waals surface area (Å²) in [7, 11) is 0. The number of likely N-dealkylation sites (tertiary alicyclic amines) is 1. The molecule has 2 atom stereocenters. The van der Waals surface area contributed by atoms with Crippen LogP contribution < -0.4 is 5.32 Å². The number of nitrogens with one attached hydrogen (secondary N) is 1. The Hall–Kier alpha value is -1.43. The Morgan fingerprint density at radius 1 is 1.43 bits per heavy atom. The van der Waals surface area contributed by atoms with E-state index in [2.05, 4.69) is 17.2 Å². The summed E-state index contributed by atoms with van der Waals surface area (Å²) in [6, 6.07) is 0.115. The van der Waals surface area contributed by atoms with Crippen molar-refractivity contribution in [2.24, 2.45) is 0 Å². The van der Waals surface area contributed by atoms with E-state index in [-0.39, 0.29) is 23.4 Å². The summed E-state index contributed by atoms with van der Waals surface area (Å²) in [6.45, 7) is 6.84. The molecule has 1 aromatic rings. The Balaban J connectivity index is 1.79. The highest BCUT2D eigenvalue weighted by Gasteiger charge is 2.44. The second-order valence-electron chi connectivity index (χ2n) is 6.98. The van der Waals surface area contributed by atoms with Crippen molar-refractivity contribution in [3.05, 3.63) is 15.6 Å². The molecule has 0 saturated carbocycles. The first-order valence-electron chi connectivity index (χ1n) is 8.42. The molecular weight excluding hydrogens is 310 g/mol. The predicted molar refractivity (Wildman–Crippen MR) is 90.4 cm³/mol. The van der Waals surface area contributed by atoms with Gasteiger partial charge in [-0.05, 0) is 46.5 Å². The fourth-order valence-corrected chi connectivity index (χ4v) is 4.94. The lowest BCUT2D eigenvalue weighted by Crippen LogP contribution is -2.63. The van der Waals surface area contributed by atoms with E-state index in [0.717, 1.165) is 47.8 Å². The number of hydrogen-bond acceptors (Lipinski definition) is 4. The zero-order valence-corrected chi connectivity index (χ0v) is 15.0. The standard InChI is InChI=1S/C17H25N3O2S/c1-11-13(23-12(2)18-11)10-16(22)20-9-5-8-17(3)14(20)6-4-7-15(21)19-17/h14H,4-10H2,1-3H3,(H,19,21)/t14-,17-/m0/s1. The lowest BCUT2D eigenvalue weighted by molar-refractivity contribution is -0.138. The van der Waals surface area contributed by atoms with Crippen molar-refractivity contribution < 1.29 is 9.59 Å². The van der Waals surface area contributed by atoms with Crippen molar-refractivity contribution in [2.45, 2.75) is 70.9 Å². The first kappa shape index (κ1) is 16.4. The molecule has 0 unspecified atom stereocenters. The molecule has 3 heterocycles. The molecule has 126 valence electrons. The molecule has 2 aliphatic heterocycles. The van der Waals surface area contributed by atoms with Crippen LogP contribution in [0, 0.1) is 13.8 Å². The predicted octanol–water partition coefficient (Wildman–Crippen LogP) is 2.35. The van der Waals surface area contributed by atoms with Crippen molar-refractivity contribution >= 4 is 23.2 Å². The summed E-state index contributed by atoms with van der Waals surface area (Å²) >= 11 is 1.61. The van der Waals surface area contributed by atoms with E-state index in [0.29, 0.717) is 12.8 Å². The molecule has 0 aromatic carbocycles. The van der Waals surface area contributed by atoms with Crippen LogP contribution in [0.5, 0.6) is 0 Å². The van der Waals surface area contributed by atoms with Gasteiger partial charge < -0.3 is 10.2 Å². The fourth-order valence-electron chi connectivity index (χ4n) is 4.02. The molecule has 23 heavy (non-hydrogen) atoms. The van der Waals surface area contributed by atoms with Gasteiger partial charge in [0.05, 0.1) is 28.7 Å². The van der Waals surface area contributed by atoms with Gasteiger partial charge in [0.15, 0.2) is 0 Å². The van der Waals surface area contributed by atoms with Gasteiger partial charge in [-0.25, -0.2) is 4.98 Å². The zero-order valence-electron chi connectivity index (χ0n) is 14.1. The second-order valence-corrected chi connectivity index (χ2v) is 8.27. The highest BCUT2D eigenvalue weighted by Crippen LogP contribution is 2.33. The van der Waals surface area contributed by atoms with E-state index in [1.807, 2.05) is 18.7 Å². The largest absolute Gasteiger partial charge is 0.349 e. The van der Waals surface area contributed by atoms with Gasteiger partial charge in [0.1, 0.15) is 0 Å². The molecule has 1 N–H and O–H groups in total. The average molecular weight is 335 g/mol. The topological polar surface area (TPSA) is 62.3 Å². The lowest BCUT2D eigenvalue weighted by Gasteiger charge is -2.47. The maximum absolute atomic E-state index is 12.9. The molecule has 5 nitrogen and oxygen atoms in total. The molecule has 2 fully saturated rings. The molecule has 1 aromatic heterocycles. The van der Waals surface area contributed by atoms with Gasteiger partial charge >= 0.3 is 0 Å². The van der Waals surface area contributed by atoms with Gasteiger partial charge in [0, 0.05) is 17.8 Å². The van der Waals surface area contributed by atoms with Crippen LogP contribution in [0.2, 0.25) is 0 Å². The summed E-state index contributed by atoms with van der Waals surface area (Å²) < 4.78 is 0. The second kappa shape index (κ2) is 6.23. The van der Waals surface area contributed by atoms with Crippen LogP contribution >= 0.6 is 11.3 Å². The number of rotatable bonds is 2. The minimum atomic E-state index is -0.278. The highest BCUT2D eigenvalue weighted by molar-refractivity contribution is 7.11. The van der Waals surface area contributed by atoms with Gasteiger partial charge in [-0.2, -0.15) is 0 Å². The first-order chi connectivity index (χ1) is 10.9. The fraction of sp³-hybridized carbons (Fsp3) is 0.706. The summed E-state index contributed by atoms with van der Waals surface area (Å²) in [5, 5.41) is 4.19.